The van der Waals surface area contributed by atoms with E-state index in [9.17, 15) is 19.3 Å². The topological polar surface area (TPSA) is 126 Å². The van der Waals surface area contributed by atoms with Gasteiger partial charge in [-0.1, -0.05) is 12.1 Å². The van der Waals surface area contributed by atoms with E-state index < -0.39 is 31.4 Å². The van der Waals surface area contributed by atoms with E-state index in [2.05, 4.69) is 5.32 Å². The Balaban J connectivity index is 2.82. The summed E-state index contributed by atoms with van der Waals surface area (Å²) in [5.74, 6) is -2.26. The molecule has 2 N–H and O–H groups in total. The van der Waals surface area contributed by atoms with Crippen LogP contribution in [-0.2, 0) is 24.6 Å². The van der Waals surface area contributed by atoms with Gasteiger partial charge in [-0.25, -0.2) is 4.79 Å². The minimum atomic E-state index is -3.24. The first kappa shape index (κ1) is 22.8. The summed E-state index contributed by atoms with van der Waals surface area (Å²) in [6.07, 6.45) is 0.0928. The lowest BCUT2D eigenvalue weighted by atomic mass is 10.0. The zero-order valence-corrected chi connectivity index (χ0v) is 16.6. The van der Waals surface area contributed by atoms with E-state index in [0.717, 1.165) is 0 Å². The highest BCUT2D eigenvalue weighted by molar-refractivity contribution is 7.53. The maximum atomic E-state index is 12.5. The Morgan fingerprint density at radius 2 is 1.78 bits per heavy atom. The number of aliphatic carboxylic acids is 1. The Kier molecular flexibility index (Phi) is 9.16. The van der Waals surface area contributed by atoms with Crippen LogP contribution in [0.5, 0.6) is 0 Å². The van der Waals surface area contributed by atoms with E-state index in [1.807, 2.05) is 6.07 Å². The quantitative estimate of drug-likeness (QED) is 0.550. The molecule has 0 aliphatic heterocycles. The molecule has 0 fully saturated rings. The molecule has 1 aromatic rings. The standard InChI is InChI=1S/C18H25N2O6P/c1-4-25-27(24,26-5-2)12-14-6-8-15(9-7-14)17(21)20-16(18(22)23)10-13(3)11-19/h6-9,13,16H,4-5,10,12H2,1-3H3,(H,20,21)(H,22,23)/t13-,16+/m1/s1. The number of carboxylic acids is 1. The van der Waals surface area contributed by atoms with Crippen molar-refractivity contribution in [1.82, 2.24) is 5.32 Å². The van der Waals surface area contributed by atoms with Gasteiger partial charge in [0.25, 0.3) is 5.91 Å². The average molecular weight is 396 g/mol. The second kappa shape index (κ2) is 10.8. The number of hydrogen-bond acceptors (Lipinski definition) is 6. The molecule has 0 aliphatic rings. The molecule has 0 aliphatic carbocycles. The van der Waals surface area contributed by atoms with Crippen LogP contribution in [0.15, 0.2) is 24.3 Å². The van der Waals surface area contributed by atoms with E-state index in [4.69, 9.17) is 14.3 Å². The van der Waals surface area contributed by atoms with Crippen molar-refractivity contribution in [1.29, 1.82) is 5.26 Å². The van der Waals surface area contributed by atoms with Gasteiger partial charge in [-0.15, -0.1) is 0 Å². The lowest BCUT2D eigenvalue weighted by Crippen LogP contribution is -2.41. The Bertz CT molecular complexity index is 718. The van der Waals surface area contributed by atoms with Crippen molar-refractivity contribution in [2.75, 3.05) is 13.2 Å². The third-order valence-electron chi connectivity index (χ3n) is 3.66. The number of benzene rings is 1. The Labute approximate surface area is 159 Å². The van der Waals surface area contributed by atoms with Crippen molar-refractivity contribution < 1.29 is 28.3 Å². The van der Waals surface area contributed by atoms with Gasteiger partial charge in [0.2, 0.25) is 0 Å². The SMILES string of the molecule is CCOP(=O)(Cc1ccc(C(=O)N[C@@H](C[C@@H](C)C#N)C(=O)O)cc1)OCC. The molecule has 0 saturated carbocycles. The van der Waals surface area contributed by atoms with Crippen LogP contribution in [-0.4, -0.2) is 36.2 Å². The zero-order valence-electron chi connectivity index (χ0n) is 15.7. The average Bonchev–Trinajstić information content (AvgIpc) is 2.61. The molecular weight excluding hydrogens is 371 g/mol. The van der Waals surface area contributed by atoms with Gasteiger partial charge >= 0.3 is 13.6 Å². The molecule has 148 valence electrons. The van der Waals surface area contributed by atoms with E-state index in [1.165, 1.54) is 12.1 Å². The molecule has 9 heteroatoms. The van der Waals surface area contributed by atoms with Crippen molar-refractivity contribution in [2.24, 2.45) is 5.92 Å². The molecule has 0 spiro atoms. The fraction of sp³-hybridized carbons (Fsp3) is 0.500. The monoisotopic (exact) mass is 396 g/mol. The first-order valence-electron chi connectivity index (χ1n) is 8.65. The van der Waals surface area contributed by atoms with Crippen LogP contribution in [0.2, 0.25) is 0 Å². The highest BCUT2D eigenvalue weighted by atomic mass is 31.2. The van der Waals surface area contributed by atoms with Crippen molar-refractivity contribution in [3.8, 4) is 6.07 Å². The Hall–Kier alpha value is -2.20. The molecule has 0 aromatic heterocycles. The number of nitriles is 1. The molecule has 0 bridgehead atoms. The van der Waals surface area contributed by atoms with Gasteiger partial charge in [0.05, 0.1) is 25.4 Å². The second-order valence-corrected chi connectivity index (χ2v) is 7.99. The van der Waals surface area contributed by atoms with Crippen LogP contribution in [0.4, 0.5) is 0 Å². The van der Waals surface area contributed by atoms with Crippen LogP contribution in [0.1, 0.15) is 43.1 Å². The van der Waals surface area contributed by atoms with E-state index >= 15 is 0 Å². The maximum Gasteiger partial charge on any atom is 0.335 e. The zero-order chi connectivity index (χ0) is 20.4. The Morgan fingerprint density at radius 3 is 2.22 bits per heavy atom. The lowest BCUT2D eigenvalue weighted by molar-refractivity contribution is -0.139. The van der Waals surface area contributed by atoms with Gasteiger partial charge in [0.1, 0.15) is 6.04 Å². The predicted molar refractivity (Wildman–Crippen MR) is 99.3 cm³/mol. The molecule has 0 radical (unpaired) electrons. The summed E-state index contributed by atoms with van der Waals surface area (Å²) in [5.41, 5.74) is 0.932. The minimum Gasteiger partial charge on any atom is -0.480 e. The van der Waals surface area contributed by atoms with Gasteiger partial charge in [0.15, 0.2) is 0 Å². The minimum absolute atomic E-state index is 0.0154. The van der Waals surface area contributed by atoms with Gasteiger partial charge < -0.3 is 19.5 Å². The van der Waals surface area contributed by atoms with E-state index in [-0.39, 0.29) is 31.4 Å². The number of hydrogen-bond donors (Lipinski definition) is 2. The molecule has 1 rings (SSSR count). The molecule has 0 saturated heterocycles. The number of carbonyl (C=O) groups excluding carboxylic acids is 1. The summed E-state index contributed by atoms with van der Waals surface area (Å²) in [6.45, 7) is 5.56. The summed E-state index contributed by atoms with van der Waals surface area (Å²) in [7, 11) is -3.24. The number of rotatable bonds is 11. The molecular formula is C18H25N2O6P. The summed E-state index contributed by atoms with van der Waals surface area (Å²) in [6, 6.07) is 7.06. The Morgan fingerprint density at radius 1 is 1.22 bits per heavy atom. The van der Waals surface area contributed by atoms with Crippen LogP contribution in [0.3, 0.4) is 0 Å². The molecule has 0 unspecified atom stereocenters. The predicted octanol–water partition coefficient (Wildman–Crippen LogP) is 3.19. The summed E-state index contributed by atoms with van der Waals surface area (Å²) >= 11 is 0. The summed E-state index contributed by atoms with van der Waals surface area (Å²) < 4.78 is 23.0. The third kappa shape index (κ3) is 7.51. The smallest absolute Gasteiger partial charge is 0.335 e. The fourth-order valence-electron chi connectivity index (χ4n) is 2.38. The molecule has 0 heterocycles. The molecule has 1 aromatic carbocycles. The number of nitrogens with one attached hydrogen (secondary N) is 1. The molecule has 27 heavy (non-hydrogen) atoms. The van der Waals surface area contributed by atoms with Gasteiger partial charge in [-0.2, -0.15) is 5.26 Å². The highest BCUT2D eigenvalue weighted by Crippen LogP contribution is 2.51. The summed E-state index contributed by atoms with van der Waals surface area (Å²) in [4.78, 5) is 23.5. The van der Waals surface area contributed by atoms with Crippen molar-refractivity contribution in [2.45, 2.75) is 39.4 Å². The highest BCUT2D eigenvalue weighted by Gasteiger charge is 2.25. The summed E-state index contributed by atoms with van der Waals surface area (Å²) in [5, 5.41) is 20.4. The van der Waals surface area contributed by atoms with Crippen molar-refractivity contribution in [3.05, 3.63) is 35.4 Å². The van der Waals surface area contributed by atoms with Crippen LogP contribution >= 0.6 is 7.60 Å². The van der Waals surface area contributed by atoms with Crippen LogP contribution in [0.25, 0.3) is 0 Å². The van der Waals surface area contributed by atoms with Gasteiger partial charge in [0, 0.05) is 11.5 Å². The normalized spacial score (nSPS) is 13.4. The largest absolute Gasteiger partial charge is 0.480 e. The van der Waals surface area contributed by atoms with Crippen LogP contribution < -0.4 is 5.32 Å². The molecule has 8 nitrogen and oxygen atoms in total. The van der Waals surface area contributed by atoms with E-state index in [0.29, 0.717) is 5.56 Å². The number of carboxylic acid groups (broad SMARTS) is 1. The first-order chi connectivity index (χ1) is 12.7. The van der Waals surface area contributed by atoms with Gasteiger partial charge in [-0.3, -0.25) is 9.36 Å². The molecule has 2 atom stereocenters. The van der Waals surface area contributed by atoms with Crippen molar-refractivity contribution in [3.63, 3.8) is 0 Å². The first-order valence-corrected chi connectivity index (χ1v) is 10.4. The second-order valence-electron chi connectivity index (χ2n) is 5.93. The number of nitrogens with zero attached hydrogens (tertiary/aromatic N) is 1. The van der Waals surface area contributed by atoms with Crippen LogP contribution in [0, 0.1) is 17.2 Å². The molecule has 1 amide bonds. The van der Waals surface area contributed by atoms with Gasteiger partial charge in [-0.05, 0) is 44.9 Å². The fourth-order valence-corrected chi connectivity index (χ4v) is 4.08. The van der Waals surface area contributed by atoms with Crippen molar-refractivity contribution >= 4 is 19.5 Å². The van der Waals surface area contributed by atoms with E-state index in [1.54, 1.807) is 32.9 Å². The number of carbonyl (C=O) groups is 2. The maximum absolute atomic E-state index is 12.5. The lowest BCUT2D eigenvalue weighted by Gasteiger charge is -2.17. The third-order valence-corrected chi connectivity index (χ3v) is 5.71. The number of amides is 1.